The molecule has 4 rings (SSSR count). The van der Waals surface area contributed by atoms with Crippen molar-refractivity contribution in [3.05, 3.63) is 125 Å². The molecule has 3 N–H and O–H groups in total. The van der Waals surface area contributed by atoms with E-state index in [4.69, 9.17) is 11.6 Å². The van der Waals surface area contributed by atoms with Crippen molar-refractivity contribution in [3.8, 4) is 0 Å². The Morgan fingerprint density at radius 2 is 1.56 bits per heavy atom. The first-order valence-corrected chi connectivity index (χ1v) is 13.3. The lowest BCUT2D eigenvalue weighted by atomic mass is 10.1. The molecule has 1 atom stereocenters. The molecule has 0 spiro atoms. The first-order valence-electron chi connectivity index (χ1n) is 12.0. The van der Waals surface area contributed by atoms with Gasteiger partial charge in [-0.05, 0) is 73.2 Å². The number of halogens is 1. The van der Waals surface area contributed by atoms with Crippen molar-refractivity contribution in [2.45, 2.75) is 17.1 Å². The number of thioether (sulfide) groups is 1. The second-order valence-electron chi connectivity index (χ2n) is 8.40. The van der Waals surface area contributed by atoms with Crippen LogP contribution in [0.4, 0.5) is 11.4 Å². The predicted molar refractivity (Wildman–Crippen MR) is 157 cm³/mol. The molecule has 3 aromatic carbocycles. The van der Waals surface area contributed by atoms with Crippen LogP contribution in [-0.4, -0.2) is 28.0 Å². The summed E-state index contributed by atoms with van der Waals surface area (Å²) in [5.41, 5.74) is 2.36. The van der Waals surface area contributed by atoms with Gasteiger partial charge >= 0.3 is 0 Å². The van der Waals surface area contributed by atoms with E-state index in [1.54, 1.807) is 104 Å². The Bertz CT molecular complexity index is 1480. The van der Waals surface area contributed by atoms with Crippen LogP contribution in [0, 0.1) is 0 Å². The summed E-state index contributed by atoms with van der Waals surface area (Å²) in [6.45, 7) is 1.80. The zero-order valence-corrected chi connectivity index (χ0v) is 22.5. The third-order valence-electron chi connectivity index (χ3n) is 5.43. The van der Waals surface area contributed by atoms with Crippen LogP contribution in [0.5, 0.6) is 0 Å². The highest BCUT2D eigenvalue weighted by Gasteiger charge is 2.17. The van der Waals surface area contributed by atoms with Crippen LogP contribution in [0.15, 0.2) is 114 Å². The fraction of sp³-hybridized carbons (Fsp3) is 0.0667. The van der Waals surface area contributed by atoms with E-state index in [1.807, 2.05) is 12.1 Å². The van der Waals surface area contributed by atoms with Crippen molar-refractivity contribution in [3.63, 3.8) is 0 Å². The zero-order chi connectivity index (χ0) is 27.6. The number of hydrogen-bond donors (Lipinski definition) is 3. The van der Waals surface area contributed by atoms with Gasteiger partial charge in [-0.3, -0.25) is 19.4 Å². The number of benzene rings is 3. The van der Waals surface area contributed by atoms with E-state index < -0.39 is 17.1 Å². The van der Waals surface area contributed by atoms with E-state index in [9.17, 15) is 14.4 Å². The van der Waals surface area contributed by atoms with Crippen LogP contribution in [-0.2, 0) is 9.59 Å². The van der Waals surface area contributed by atoms with E-state index in [-0.39, 0.29) is 11.6 Å². The minimum atomic E-state index is -0.500. The van der Waals surface area contributed by atoms with Gasteiger partial charge in [0.15, 0.2) is 0 Å². The lowest BCUT2D eigenvalue weighted by molar-refractivity contribution is -0.115. The number of amides is 3. The maximum atomic E-state index is 13.3. The van der Waals surface area contributed by atoms with Crippen molar-refractivity contribution >= 4 is 58.5 Å². The molecule has 0 bridgehead atoms. The minimum Gasteiger partial charge on any atom is -0.325 e. The smallest absolute Gasteiger partial charge is 0.272 e. The summed E-state index contributed by atoms with van der Waals surface area (Å²) in [5.74, 6) is -1.07. The van der Waals surface area contributed by atoms with Gasteiger partial charge in [-0.2, -0.15) is 0 Å². The van der Waals surface area contributed by atoms with Crippen molar-refractivity contribution in [1.82, 2.24) is 10.3 Å². The summed E-state index contributed by atoms with van der Waals surface area (Å²) < 4.78 is 0. The summed E-state index contributed by atoms with van der Waals surface area (Å²) in [6.07, 6.45) is 4.80. The highest BCUT2D eigenvalue weighted by molar-refractivity contribution is 8.00. The Balaban J connectivity index is 1.48. The molecule has 9 heteroatoms. The number of hydrogen-bond acceptors (Lipinski definition) is 5. The van der Waals surface area contributed by atoms with Crippen LogP contribution in [0.3, 0.4) is 0 Å². The van der Waals surface area contributed by atoms with Gasteiger partial charge in [-0.25, -0.2) is 0 Å². The Morgan fingerprint density at radius 3 is 2.28 bits per heavy atom. The molecular formula is C30H25ClN4O3S. The monoisotopic (exact) mass is 556 g/mol. The zero-order valence-electron chi connectivity index (χ0n) is 20.9. The van der Waals surface area contributed by atoms with Crippen molar-refractivity contribution in [1.29, 1.82) is 0 Å². The Morgan fingerprint density at radius 1 is 0.846 bits per heavy atom. The molecule has 1 unspecified atom stereocenters. The van der Waals surface area contributed by atoms with E-state index >= 15 is 0 Å². The summed E-state index contributed by atoms with van der Waals surface area (Å²) in [7, 11) is 0. The van der Waals surface area contributed by atoms with Gasteiger partial charge in [0, 0.05) is 39.3 Å². The van der Waals surface area contributed by atoms with Crippen LogP contribution < -0.4 is 16.0 Å². The second-order valence-corrected chi connectivity index (χ2v) is 10.2. The maximum absolute atomic E-state index is 13.3. The van der Waals surface area contributed by atoms with E-state index in [1.165, 1.54) is 11.8 Å². The third kappa shape index (κ3) is 8.29. The highest BCUT2D eigenvalue weighted by atomic mass is 35.5. The number of aromatic nitrogens is 1. The number of pyridine rings is 1. The molecule has 0 aliphatic heterocycles. The summed E-state index contributed by atoms with van der Waals surface area (Å²) in [6, 6.07) is 26.1. The van der Waals surface area contributed by atoms with Gasteiger partial charge in [0.25, 0.3) is 11.8 Å². The molecule has 196 valence electrons. The number of carbonyl (C=O) groups is 3. The predicted octanol–water partition coefficient (Wildman–Crippen LogP) is 6.26. The molecule has 7 nitrogen and oxygen atoms in total. The number of rotatable bonds is 9. The van der Waals surface area contributed by atoms with E-state index in [0.29, 0.717) is 27.5 Å². The van der Waals surface area contributed by atoms with Crippen molar-refractivity contribution in [2.24, 2.45) is 0 Å². The van der Waals surface area contributed by atoms with Crippen molar-refractivity contribution in [2.75, 3.05) is 10.6 Å². The summed E-state index contributed by atoms with van der Waals surface area (Å²) in [4.78, 5) is 43.5. The SMILES string of the molecule is CC(Sc1cccc(NC(=O)/C(=C/c2ccc(Cl)cc2)NC(=O)c2ccccc2)c1)C(=O)Nc1ccncc1. The van der Waals surface area contributed by atoms with E-state index in [2.05, 4.69) is 20.9 Å². The standard InChI is InChI=1S/C30H25ClN4O3S/c1-20(28(36)33-24-14-16-32-17-15-24)39-26-9-5-8-25(19-26)34-30(38)27(18-21-10-12-23(31)13-11-21)35-29(37)22-6-3-2-4-7-22/h2-20H,1H3,(H,34,38)(H,35,37)(H,32,33,36)/b27-18-. The molecule has 0 aliphatic carbocycles. The molecule has 0 saturated heterocycles. The van der Waals surface area contributed by atoms with Crippen LogP contribution in [0.2, 0.25) is 5.02 Å². The third-order valence-corrected chi connectivity index (χ3v) is 6.78. The van der Waals surface area contributed by atoms with Gasteiger partial charge in [-0.1, -0.05) is 48.0 Å². The average molecular weight is 557 g/mol. The largest absolute Gasteiger partial charge is 0.325 e. The quantitative estimate of drug-likeness (QED) is 0.167. The summed E-state index contributed by atoms with van der Waals surface area (Å²) in [5, 5.41) is 8.58. The fourth-order valence-electron chi connectivity index (χ4n) is 3.45. The molecular weight excluding hydrogens is 532 g/mol. The molecule has 1 aromatic heterocycles. The van der Waals surface area contributed by atoms with Gasteiger partial charge < -0.3 is 16.0 Å². The number of nitrogens with one attached hydrogen (secondary N) is 3. The second kappa shape index (κ2) is 13.4. The lowest BCUT2D eigenvalue weighted by Crippen LogP contribution is -2.30. The van der Waals surface area contributed by atoms with Gasteiger partial charge in [0.2, 0.25) is 5.91 Å². The Labute approximate surface area is 235 Å². The Hall–Kier alpha value is -4.40. The molecule has 0 aliphatic rings. The average Bonchev–Trinajstić information content (AvgIpc) is 2.95. The van der Waals surface area contributed by atoms with Gasteiger partial charge in [0.1, 0.15) is 5.70 Å². The lowest BCUT2D eigenvalue weighted by Gasteiger charge is -2.14. The molecule has 3 amide bonds. The molecule has 4 aromatic rings. The topological polar surface area (TPSA) is 100 Å². The van der Waals surface area contributed by atoms with E-state index in [0.717, 1.165) is 4.90 Å². The molecule has 1 heterocycles. The molecule has 0 fully saturated rings. The van der Waals surface area contributed by atoms with Gasteiger partial charge in [-0.15, -0.1) is 11.8 Å². The normalized spacial score (nSPS) is 11.8. The fourth-order valence-corrected chi connectivity index (χ4v) is 4.50. The summed E-state index contributed by atoms with van der Waals surface area (Å²) >= 11 is 7.35. The number of anilines is 2. The molecule has 0 saturated carbocycles. The first-order chi connectivity index (χ1) is 18.9. The maximum Gasteiger partial charge on any atom is 0.272 e. The number of carbonyl (C=O) groups excluding carboxylic acids is 3. The Kier molecular flexibility index (Phi) is 9.50. The molecule has 39 heavy (non-hydrogen) atoms. The van der Waals surface area contributed by atoms with Crippen LogP contribution in [0.25, 0.3) is 6.08 Å². The highest BCUT2D eigenvalue weighted by Crippen LogP contribution is 2.27. The van der Waals surface area contributed by atoms with Crippen molar-refractivity contribution < 1.29 is 14.4 Å². The van der Waals surface area contributed by atoms with Crippen LogP contribution >= 0.6 is 23.4 Å². The molecule has 0 radical (unpaired) electrons. The van der Waals surface area contributed by atoms with Crippen LogP contribution in [0.1, 0.15) is 22.8 Å². The first kappa shape index (κ1) is 27.6. The minimum absolute atomic E-state index is 0.0642. The number of nitrogens with zero attached hydrogens (tertiary/aromatic N) is 1. The van der Waals surface area contributed by atoms with Gasteiger partial charge in [0.05, 0.1) is 5.25 Å².